The van der Waals surface area contributed by atoms with Gasteiger partial charge in [-0.2, -0.15) is 0 Å². The summed E-state index contributed by atoms with van der Waals surface area (Å²) in [4.78, 5) is 16.1. The van der Waals surface area contributed by atoms with Crippen LogP contribution in [0.1, 0.15) is 4.88 Å². The third-order valence-electron chi connectivity index (χ3n) is 2.99. The third kappa shape index (κ3) is 3.58. The van der Waals surface area contributed by atoms with E-state index in [1.807, 2.05) is 11.0 Å². The summed E-state index contributed by atoms with van der Waals surface area (Å²) in [6.07, 6.45) is 0. The van der Waals surface area contributed by atoms with Crippen molar-refractivity contribution in [3.8, 4) is 0 Å². The highest BCUT2D eigenvalue weighted by atomic mass is 35.5. The monoisotopic (exact) mass is 293 g/mol. The summed E-state index contributed by atoms with van der Waals surface area (Å²) < 4.78 is 0.843. The van der Waals surface area contributed by atoms with E-state index in [2.05, 4.69) is 6.07 Å². The predicted molar refractivity (Wildman–Crippen MR) is 71.0 cm³/mol. The first-order valence-corrected chi connectivity index (χ1v) is 7.33. The van der Waals surface area contributed by atoms with E-state index >= 15 is 0 Å². The van der Waals surface area contributed by atoms with Crippen LogP contribution in [-0.2, 0) is 11.3 Å². The molecule has 0 bridgehead atoms. The summed E-state index contributed by atoms with van der Waals surface area (Å²) in [6.45, 7) is 4.58. The third-order valence-corrected chi connectivity index (χ3v) is 4.45. The maximum absolute atomic E-state index is 11.4. The van der Waals surface area contributed by atoms with Crippen molar-refractivity contribution in [2.45, 2.75) is 6.54 Å². The van der Waals surface area contributed by atoms with Crippen molar-refractivity contribution in [1.82, 2.24) is 4.90 Å². The second kappa shape index (κ2) is 6.05. The second-order valence-corrected chi connectivity index (χ2v) is 6.21. The Morgan fingerprint density at radius 1 is 1.41 bits per heavy atom. The van der Waals surface area contributed by atoms with E-state index in [4.69, 9.17) is 23.2 Å². The van der Waals surface area contributed by atoms with Gasteiger partial charge in [-0.1, -0.05) is 11.6 Å². The van der Waals surface area contributed by atoms with Crippen LogP contribution in [0.3, 0.4) is 0 Å². The molecule has 1 aliphatic heterocycles. The Balaban J connectivity index is 1.81. The van der Waals surface area contributed by atoms with Gasteiger partial charge in [-0.25, -0.2) is 0 Å². The number of piperazine rings is 1. The van der Waals surface area contributed by atoms with Crippen LogP contribution < -0.4 is 4.90 Å². The molecule has 1 amide bonds. The first-order chi connectivity index (χ1) is 8.19. The van der Waals surface area contributed by atoms with Crippen LogP contribution in [0.2, 0.25) is 4.34 Å². The van der Waals surface area contributed by atoms with Gasteiger partial charge in [0.25, 0.3) is 0 Å². The number of hydrogen-bond donors (Lipinski definition) is 1. The fourth-order valence-electron chi connectivity index (χ4n) is 2.03. The fraction of sp³-hybridized carbons (Fsp3) is 0.545. The Kier molecular flexibility index (Phi) is 4.68. The number of carbonyl (C=O) groups is 1. The molecule has 2 rings (SSSR count). The van der Waals surface area contributed by atoms with Crippen molar-refractivity contribution >= 4 is 40.4 Å². The molecule has 1 aromatic rings. The van der Waals surface area contributed by atoms with Gasteiger partial charge in [0.2, 0.25) is 5.91 Å². The number of quaternary nitrogens is 1. The molecule has 0 saturated carbocycles. The van der Waals surface area contributed by atoms with E-state index in [0.717, 1.165) is 37.1 Å². The van der Waals surface area contributed by atoms with Crippen LogP contribution in [0.5, 0.6) is 0 Å². The number of nitrogens with zero attached hydrogens (tertiary/aromatic N) is 1. The molecule has 17 heavy (non-hydrogen) atoms. The van der Waals surface area contributed by atoms with Crippen LogP contribution in [0.15, 0.2) is 12.1 Å². The predicted octanol–water partition coefficient (Wildman–Crippen LogP) is 0.867. The topological polar surface area (TPSA) is 24.8 Å². The molecule has 0 aliphatic carbocycles. The molecule has 94 valence electrons. The van der Waals surface area contributed by atoms with Gasteiger partial charge in [-0.05, 0) is 12.1 Å². The number of alkyl halides is 1. The second-order valence-electron chi connectivity index (χ2n) is 4.15. The molecule has 1 aliphatic rings. The number of carbonyl (C=O) groups excluding carboxylic acids is 1. The minimum Gasteiger partial charge on any atom is -0.330 e. The molecule has 2 heterocycles. The van der Waals surface area contributed by atoms with Crippen LogP contribution in [-0.4, -0.2) is 42.9 Å². The Morgan fingerprint density at radius 2 is 2.12 bits per heavy atom. The van der Waals surface area contributed by atoms with E-state index in [0.29, 0.717) is 0 Å². The van der Waals surface area contributed by atoms with E-state index in [1.165, 1.54) is 9.78 Å². The lowest BCUT2D eigenvalue weighted by molar-refractivity contribution is -0.917. The molecule has 6 heteroatoms. The molecular formula is C11H15Cl2N2OS+. The van der Waals surface area contributed by atoms with Crippen molar-refractivity contribution in [3.63, 3.8) is 0 Å². The minimum atomic E-state index is 0.0462. The van der Waals surface area contributed by atoms with E-state index < -0.39 is 0 Å². The first kappa shape index (κ1) is 13.1. The van der Waals surface area contributed by atoms with Gasteiger partial charge >= 0.3 is 0 Å². The number of halogens is 2. The number of nitrogens with one attached hydrogen (secondary N) is 1. The van der Waals surface area contributed by atoms with Gasteiger partial charge in [0.05, 0.1) is 35.4 Å². The van der Waals surface area contributed by atoms with Crippen molar-refractivity contribution in [1.29, 1.82) is 0 Å². The highest BCUT2D eigenvalue weighted by molar-refractivity contribution is 7.16. The SMILES string of the molecule is O=C(CCl)N1CC[NH+](Cc2ccc(Cl)s2)CC1. The highest BCUT2D eigenvalue weighted by Gasteiger charge is 2.23. The molecule has 1 saturated heterocycles. The molecule has 1 aromatic heterocycles. The molecule has 3 nitrogen and oxygen atoms in total. The van der Waals surface area contributed by atoms with Gasteiger partial charge in [-0.3, -0.25) is 4.79 Å². The minimum absolute atomic E-state index is 0.0462. The maximum atomic E-state index is 11.4. The summed E-state index contributed by atoms with van der Waals surface area (Å²) in [7, 11) is 0. The van der Waals surface area contributed by atoms with Crippen molar-refractivity contribution < 1.29 is 9.69 Å². The van der Waals surface area contributed by atoms with Crippen LogP contribution in [0.4, 0.5) is 0 Å². The lowest BCUT2D eigenvalue weighted by atomic mass is 10.3. The molecule has 1 fully saturated rings. The average molecular weight is 294 g/mol. The molecule has 0 radical (unpaired) electrons. The summed E-state index contributed by atoms with van der Waals surface area (Å²) >= 11 is 13.1. The Bertz CT molecular complexity index is 389. The largest absolute Gasteiger partial charge is 0.330 e. The Morgan fingerprint density at radius 3 is 2.65 bits per heavy atom. The number of hydrogen-bond acceptors (Lipinski definition) is 2. The van der Waals surface area contributed by atoms with Crippen LogP contribution in [0, 0.1) is 0 Å². The summed E-state index contributed by atoms with van der Waals surface area (Å²) in [5.41, 5.74) is 0. The quantitative estimate of drug-likeness (QED) is 0.822. The van der Waals surface area contributed by atoms with E-state index in [1.54, 1.807) is 11.3 Å². The zero-order valence-corrected chi connectivity index (χ0v) is 11.7. The lowest BCUT2D eigenvalue weighted by Gasteiger charge is -2.31. The van der Waals surface area contributed by atoms with Gasteiger partial charge in [0.15, 0.2) is 0 Å². The normalized spacial score (nSPS) is 17.4. The summed E-state index contributed by atoms with van der Waals surface area (Å²) in [6, 6.07) is 4.02. The fourth-order valence-corrected chi connectivity index (χ4v) is 3.36. The summed E-state index contributed by atoms with van der Waals surface area (Å²) in [5.74, 6) is 0.139. The van der Waals surface area contributed by atoms with Gasteiger partial charge in [0, 0.05) is 0 Å². The number of rotatable bonds is 3. The highest BCUT2D eigenvalue weighted by Crippen LogP contribution is 2.20. The molecule has 0 aromatic carbocycles. The maximum Gasteiger partial charge on any atom is 0.237 e. The van der Waals surface area contributed by atoms with E-state index in [9.17, 15) is 4.79 Å². The molecule has 1 N–H and O–H groups in total. The first-order valence-electron chi connectivity index (χ1n) is 5.60. The zero-order chi connectivity index (χ0) is 12.3. The molecule has 0 unspecified atom stereocenters. The smallest absolute Gasteiger partial charge is 0.237 e. The number of thiophene rings is 1. The Hall–Kier alpha value is -0.290. The molecular weight excluding hydrogens is 279 g/mol. The zero-order valence-electron chi connectivity index (χ0n) is 9.42. The number of amides is 1. The average Bonchev–Trinajstić information content (AvgIpc) is 2.75. The molecule has 0 spiro atoms. The standard InChI is InChI=1S/C11H14Cl2N2OS/c12-7-11(16)15-5-3-14(4-6-15)8-9-1-2-10(13)17-9/h1-2H,3-8H2/p+1. The van der Waals surface area contributed by atoms with Gasteiger partial charge in [-0.15, -0.1) is 22.9 Å². The van der Waals surface area contributed by atoms with Gasteiger partial charge in [0.1, 0.15) is 12.4 Å². The lowest BCUT2D eigenvalue weighted by Crippen LogP contribution is -3.13. The van der Waals surface area contributed by atoms with Gasteiger partial charge < -0.3 is 9.80 Å². The Labute approximate surface area is 115 Å². The van der Waals surface area contributed by atoms with E-state index in [-0.39, 0.29) is 11.8 Å². The van der Waals surface area contributed by atoms with Crippen molar-refractivity contribution in [2.75, 3.05) is 32.1 Å². The van der Waals surface area contributed by atoms with Crippen molar-refractivity contribution in [3.05, 3.63) is 21.3 Å². The van der Waals surface area contributed by atoms with Crippen molar-refractivity contribution in [2.24, 2.45) is 0 Å². The molecule has 0 atom stereocenters. The summed E-state index contributed by atoms with van der Waals surface area (Å²) in [5, 5.41) is 0. The van der Waals surface area contributed by atoms with Crippen LogP contribution in [0.25, 0.3) is 0 Å². The van der Waals surface area contributed by atoms with Crippen LogP contribution >= 0.6 is 34.5 Å².